The summed E-state index contributed by atoms with van der Waals surface area (Å²) in [5, 5.41) is 3.07. The molecule has 0 spiro atoms. The fourth-order valence-electron chi connectivity index (χ4n) is 2.95. The quantitative estimate of drug-likeness (QED) is 0.935. The van der Waals surface area contributed by atoms with Gasteiger partial charge in [-0.3, -0.25) is 0 Å². The van der Waals surface area contributed by atoms with Gasteiger partial charge in [0.2, 0.25) is 0 Å². The van der Waals surface area contributed by atoms with Gasteiger partial charge < -0.3 is 15.0 Å². The number of nitrogens with zero attached hydrogens (tertiary/aromatic N) is 3. The number of ether oxygens (including phenoxy) is 1. The average Bonchev–Trinajstić information content (AvgIpc) is 3.04. The normalized spacial score (nSPS) is 17.8. The molecule has 0 radical (unpaired) electrons. The number of methoxy groups -OCH3 is 1. The Hall–Kier alpha value is -2.30. The van der Waals surface area contributed by atoms with Crippen LogP contribution in [0.3, 0.4) is 0 Å². The minimum atomic E-state index is 0.306. The first kappa shape index (κ1) is 13.7. The largest absolute Gasteiger partial charge is 0.496 e. The molecule has 3 rings (SSSR count). The molecule has 2 heterocycles. The van der Waals surface area contributed by atoms with Crippen molar-refractivity contribution in [3.63, 3.8) is 0 Å². The highest BCUT2D eigenvalue weighted by atomic mass is 16.5. The molecule has 0 bridgehead atoms. The number of nitrogens with one attached hydrogen (secondary N) is 1. The fourth-order valence-corrected chi connectivity index (χ4v) is 2.95. The lowest BCUT2D eigenvalue weighted by atomic mass is 10.0. The molecule has 1 unspecified atom stereocenters. The van der Waals surface area contributed by atoms with Gasteiger partial charge in [-0.1, -0.05) is 18.2 Å². The van der Waals surface area contributed by atoms with E-state index in [1.807, 2.05) is 25.2 Å². The molecule has 1 aliphatic rings. The van der Waals surface area contributed by atoms with E-state index in [0.29, 0.717) is 6.04 Å². The molecule has 1 N–H and O–H groups in total. The second kappa shape index (κ2) is 5.99. The predicted molar refractivity (Wildman–Crippen MR) is 83.9 cm³/mol. The van der Waals surface area contributed by atoms with E-state index in [0.717, 1.165) is 36.8 Å². The van der Waals surface area contributed by atoms with E-state index in [1.54, 1.807) is 13.4 Å². The van der Waals surface area contributed by atoms with Crippen LogP contribution in [0.4, 0.5) is 11.6 Å². The molecule has 0 aliphatic carbocycles. The zero-order valence-corrected chi connectivity index (χ0v) is 12.4. The monoisotopic (exact) mass is 284 g/mol. The fraction of sp³-hybridized carbons (Fsp3) is 0.375. The van der Waals surface area contributed by atoms with Crippen molar-refractivity contribution in [2.24, 2.45) is 0 Å². The summed E-state index contributed by atoms with van der Waals surface area (Å²) in [4.78, 5) is 11.0. The highest BCUT2D eigenvalue weighted by Crippen LogP contribution is 2.39. The Morgan fingerprint density at radius 3 is 2.95 bits per heavy atom. The minimum Gasteiger partial charge on any atom is -0.496 e. The van der Waals surface area contributed by atoms with Crippen molar-refractivity contribution < 1.29 is 4.74 Å². The average molecular weight is 284 g/mol. The maximum atomic E-state index is 5.52. The summed E-state index contributed by atoms with van der Waals surface area (Å²) in [6.45, 7) is 1.00. The Morgan fingerprint density at radius 2 is 2.14 bits per heavy atom. The van der Waals surface area contributed by atoms with Crippen LogP contribution in [0.1, 0.15) is 24.4 Å². The van der Waals surface area contributed by atoms with E-state index in [9.17, 15) is 0 Å². The van der Waals surface area contributed by atoms with Crippen LogP contribution in [0, 0.1) is 0 Å². The van der Waals surface area contributed by atoms with Gasteiger partial charge >= 0.3 is 0 Å². The number of aromatic nitrogens is 2. The molecule has 1 fully saturated rings. The Labute approximate surface area is 125 Å². The maximum absolute atomic E-state index is 5.52. The molecule has 21 heavy (non-hydrogen) atoms. The summed E-state index contributed by atoms with van der Waals surface area (Å²) in [5.41, 5.74) is 1.22. The number of hydrogen-bond acceptors (Lipinski definition) is 5. The topological polar surface area (TPSA) is 50.3 Å². The van der Waals surface area contributed by atoms with Crippen molar-refractivity contribution in [3.8, 4) is 5.75 Å². The van der Waals surface area contributed by atoms with Crippen molar-refractivity contribution in [2.45, 2.75) is 18.9 Å². The zero-order valence-electron chi connectivity index (χ0n) is 12.4. The molecule has 0 saturated carbocycles. The maximum Gasteiger partial charge on any atom is 0.134 e. The predicted octanol–water partition coefficient (Wildman–Crippen LogP) is 2.87. The second-order valence-corrected chi connectivity index (χ2v) is 5.10. The van der Waals surface area contributed by atoms with Gasteiger partial charge in [0, 0.05) is 25.2 Å². The van der Waals surface area contributed by atoms with Crippen molar-refractivity contribution in [1.29, 1.82) is 0 Å². The number of para-hydroxylation sites is 1. The molecule has 0 amide bonds. The smallest absolute Gasteiger partial charge is 0.134 e. The van der Waals surface area contributed by atoms with Crippen molar-refractivity contribution in [2.75, 3.05) is 30.9 Å². The first-order valence-electron chi connectivity index (χ1n) is 7.23. The summed E-state index contributed by atoms with van der Waals surface area (Å²) < 4.78 is 5.52. The summed E-state index contributed by atoms with van der Waals surface area (Å²) in [5.74, 6) is 2.74. The van der Waals surface area contributed by atoms with Crippen LogP contribution in [-0.4, -0.2) is 30.7 Å². The van der Waals surface area contributed by atoms with E-state index in [4.69, 9.17) is 4.74 Å². The lowest BCUT2D eigenvalue weighted by Crippen LogP contribution is -2.24. The van der Waals surface area contributed by atoms with Crippen LogP contribution >= 0.6 is 0 Å². The van der Waals surface area contributed by atoms with Gasteiger partial charge in [-0.15, -0.1) is 0 Å². The van der Waals surface area contributed by atoms with Gasteiger partial charge in [0.15, 0.2) is 0 Å². The Kier molecular flexibility index (Phi) is 3.90. The van der Waals surface area contributed by atoms with Crippen LogP contribution in [0.5, 0.6) is 5.75 Å². The minimum absolute atomic E-state index is 0.306. The molecular weight excluding hydrogens is 264 g/mol. The van der Waals surface area contributed by atoms with Crippen LogP contribution in [0.15, 0.2) is 36.7 Å². The van der Waals surface area contributed by atoms with Crippen molar-refractivity contribution >= 4 is 11.6 Å². The highest BCUT2D eigenvalue weighted by Gasteiger charge is 2.29. The molecule has 110 valence electrons. The Balaban J connectivity index is 1.95. The van der Waals surface area contributed by atoms with E-state index in [-0.39, 0.29) is 0 Å². The van der Waals surface area contributed by atoms with Crippen molar-refractivity contribution in [3.05, 3.63) is 42.2 Å². The molecule has 2 aromatic rings. The summed E-state index contributed by atoms with van der Waals surface area (Å²) in [6, 6.07) is 10.5. The highest BCUT2D eigenvalue weighted by molar-refractivity contribution is 5.52. The molecule has 1 saturated heterocycles. The molecule has 1 aromatic carbocycles. The van der Waals surface area contributed by atoms with Crippen LogP contribution in [0.2, 0.25) is 0 Å². The second-order valence-electron chi connectivity index (χ2n) is 5.10. The summed E-state index contributed by atoms with van der Waals surface area (Å²) in [7, 11) is 3.59. The van der Waals surface area contributed by atoms with E-state index >= 15 is 0 Å². The van der Waals surface area contributed by atoms with Crippen molar-refractivity contribution in [1.82, 2.24) is 9.97 Å². The summed E-state index contributed by atoms with van der Waals surface area (Å²) >= 11 is 0. The number of rotatable bonds is 4. The van der Waals surface area contributed by atoms with E-state index < -0.39 is 0 Å². The van der Waals surface area contributed by atoms with E-state index in [1.165, 1.54) is 5.56 Å². The number of benzene rings is 1. The van der Waals surface area contributed by atoms with Gasteiger partial charge in [0.05, 0.1) is 13.2 Å². The van der Waals surface area contributed by atoms with Gasteiger partial charge in [-0.05, 0) is 18.9 Å². The van der Waals surface area contributed by atoms with Gasteiger partial charge in [0.25, 0.3) is 0 Å². The molecule has 1 atom stereocenters. The lowest BCUT2D eigenvalue weighted by molar-refractivity contribution is 0.405. The number of hydrogen-bond donors (Lipinski definition) is 1. The molecule has 1 aliphatic heterocycles. The third-order valence-corrected chi connectivity index (χ3v) is 3.95. The van der Waals surface area contributed by atoms with Gasteiger partial charge in [-0.2, -0.15) is 0 Å². The lowest BCUT2D eigenvalue weighted by Gasteiger charge is -2.27. The van der Waals surface area contributed by atoms with E-state index in [2.05, 4.69) is 32.3 Å². The zero-order chi connectivity index (χ0) is 14.7. The van der Waals surface area contributed by atoms with Gasteiger partial charge in [-0.25, -0.2) is 9.97 Å². The Bertz CT molecular complexity index is 617. The van der Waals surface area contributed by atoms with Crippen LogP contribution < -0.4 is 15.0 Å². The first-order chi connectivity index (χ1) is 10.3. The molecule has 5 heteroatoms. The standard InChI is InChI=1S/C16H20N4O/c1-17-15-10-16(19-11-18-15)20-9-5-7-13(20)12-6-3-4-8-14(12)21-2/h3-4,6,8,10-11,13H,5,7,9H2,1-2H3,(H,17,18,19). The molecular formula is C16H20N4O. The number of anilines is 2. The molecule has 1 aromatic heterocycles. The third-order valence-electron chi connectivity index (χ3n) is 3.95. The summed E-state index contributed by atoms with van der Waals surface area (Å²) in [6.07, 6.45) is 3.87. The first-order valence-corrected chi connectivity index (χ1v) is 7.23. The molecule has 5 nitrogen and oxygen atoms in total. The third kappa shape index (κ3) is 2.63. The Morgan fingerprint density at radius 1 is 1.29 bits per heavy atom. The SMILES string of the molecule is CNc1cc(N2CCCC2c2ccccc2OC)ncn1. The van der Waals surface area contributed by atoms with Gasteiger partial charge in [0.1, 0.15) is 23.7 Å². The van der Waals surface area contributed by atoms with Crippen LogP contribution in [-0.2, 0) is 0 Å². The van der Waals surface area contributed by atoms with Crippen LogP contribution in [0.25, 0.3) is 0 Å².